The molecule has 1 fully saturated rings. The van der Waals surface area contributed by atoms with Crippen molar-refractivity contribution in [2.24, 2.45) is 0 Å². The normalized spacial score (nSPS) is 14.8. The molecule has 39 heavy (non-hydrogen) atoms. The number of rotatable bonds is 7. The number of urea groups is 1. The monoisotopic (exact) mass is 520 g/mol. The van der Waals surface area contributed by atoms with E-state index in [1.54, 1.807) is 48.5 Å². The molecule has 0 bridgehead atoms. The number of hydrogen-bond donors (Lipinski definition) is 0. The summed E-state index contributed by atoms with van der Waals surface area (Å²) in [5.74, 6) is -0.324. The second-order valence-corrected chi connectivity index (χ2v) is 9.03. The lowest BCUT2D eigenvalue weighted by molar-refractivity contribution is -0.121. The molecule has 7 heteroatoms. The van der Waals surface area contributed by atoms with Crippen molar-refractivity contribution in [3.05, 3.63) is 102 Å². The second kappa shape index (κ2) is 10.8. The van der Waals surface area contributed by atoms with Crippen molar-refractivity contribution in [1.82, 2.24) is 0 Å². The molecule has 4 aromatic rings. The third-order valence-corrected chi connectivity index (χ3v) is 6.40. The molecule has 5 rings (SSSR count). The van der Waals surface area contributed by atoms with Crippen LogP contribution in [0, 0.1) is 6.92 Å². The smallest absolute Gasteiger partial charge is 0.343 e. The number of benzene rings is 4. The SMILES string of the molecule is CCOc1ccc(/C=C2\C(=O)N(c3cccc(C)c3)C(=O)N(c3cccc4ccccc34)C2=O)cc1OCC. The summed E-state index contributed by atoms with van der Waals surface area (Å²) in [6.45, 7) is 6.50. The predicted molar refractivity (Wildman–Crippen MR) is 152 cm³/mol. The first kappa shape index (κ1) is 25.7. The number of anilines is 2. The van der Waals surface area contributed by atoms with Gasteiger partial charge in [0.15, 0.2) is 11.5 Å². The van der Waals surface area contributed by atoms with Gasteiger partial charge in [-0.2, -0.15) is 0 Å². The maximum atomic E-state index is 14.0. The predicted octanol–water partition coefficient (Wildman–Crippen LogP) is 6.53. The fourth-order valence-corrected chi connectivity index (χ4v) is 4.66. The molecule has 4 aromatic carbocycles. The van der Waals surface area contributed by atoms with E-state index < -0.39 is 17.8 Å². The Morgan fingerprint density at radius 1 is 0.718 bits per heavy atom. The molecule has 1 heterocycles. The van der Waals surface area contributed by atoms with Gasteiger partial charge in [0.2, 0.25) is 0 Å². The van der Waals surface area contributed by atoms with Gasteiger partial charge in [-0.1, -0.05) is 54.6 Å². The maximum absolute atomic E-state index is 14.0. The van der Waals surface area contributed by atoms with E-state index in [-0.39, 0.29) is 5.57 Å². The number of barbiturate groups is 1. The highest BCUT2D eigenvalue weighted by Gasteiger charge is 2.44. The summed E-state index contributed by atoms with van der Waals surface area (Å²) in [4.78, 5) is 43.8. The van der Waals surface area contributed by atoms with Crippen LogP contribution in [-0.2, 0) is 9.59 Å². The molecule has 1 aliphatic rings. The van der Waals surface area contributed by atoms with Gasteiger partial charge >= 0.3 is 6.03 Å². The lowest BCUT2D eigenvalue weighted by atomic mass is 10.0. The zero-order valence-electron chi connectivity index (χ0n) is 22.0. The second-order valence-electron chi connectivity index (χ2n) is 9.03. The molecular weight excluding hydrogens is 492 g/mol. The van der Waals surface area contributed by atoms with Crippen LogP contribution in [0.1, 0.15) is 25.0 Å². The largest absolute Gasteiger partial charge is 0.490 e. The first-order valence-electron chi connectivity index (χ1n) is 12.8. The molecule has 196 valence electrons. The Hall–Kier alpha value is -4.91. The van der Waals surface area contributed by atoms with E-state index in [9.17, 15) is 14.4 Å². The molecule has 0 saturated carbocycles. The standard InChI is InChI=1S/C32H28N2O5/c1-4-38-28-17-16-22(20-29(28)39-5-2)19-26-30(35)33(24-13-8-10-21(3)18-24)32(37)34(31(26)36)27-15-9-12-23-11-6-7-14-25(23)27/h6-20H,4-5H2,1-3H3/b26-19+. The summed E-state index contributed by atoms with van der Waals surface area (Å²) in [5.41, 5.74) is 2.09. The van der Waals surface area contributed by atoms with Gasteiger partial charge in [-0.25, -0.2) is 14.6 Å². The minimum Gasteiger partial charge on any atom is -0.490 e. The van der Waals surface area contributed by atoms with Gasteiger partial charge in [-0.15, -0.1) is 0 Å². The average Bonchev–Trinajstić information content (AvgIpc) is 2.93. The Morgan fingerprint density at radius 3 is 2.18 bits per heavy atom. The highest BCUT2D eigenvalue weighted by atomic mass is 16.5. The molecule has 0 radical (unpaired) electrons. The highest BCUT2D eigenvalue weighted by Crippen LogP contribution is 2.35. The zero-order valence-corrected chi connectivity index (χ0v) is 22.0. The Labute approximate surface area is 226 Å². The van der Waals surface area contributed by atoms with Crippen molar-refractivity contribution in [1.29, 1.82) is 0 Å². The van der Waals surface area contributed by atoms with Crippen LogP contribution in [0.2, 0.25) is 0 Å². The number of carbonyl (C=O) groups is 3. The van der Waals surface area contributed by atoms with E-state index in [0.717, 1.165) is 26.1 Å². The Balaban J connectivity index is 1.68. The van der Waals surface area contributed by atoms with Gasteiger partial charge in [-0.05, 0) is 73.7 Å². The zero-order chi connectivity index (χ0) is 27.5. The van der Waals surface area contributed by atoms with E-state index in [1.807, 2.05) is 57.2 Å². The van der Waals surface area contributed by atoms with Gasteiger partial charge in [0.05, 0.1) is 24.6 Å². The third kappa shape index (κ3) is 4.86. The van der Waals surface area contributed by atoms with E-state index >= 15 is 0 Å². The van der Waals surface area contributed by atoms with Crippen LogP contribution in [0.5, 0.6) is 11.5 Å². The summed E-state index contributed by atoms with van der Waals surface area (Å²) in [6.07, 6.45) is 1.50. The molecule has 1 saturated heterocycles. The van der Waals surface area contributed by atoms with Crippen molar-refractivity contribution in [3.8, 4) is 11.5 Å². The summed E-state index contributed by atoms with van der Waals surface area (Å²) >= 11 is 0. The first-order valence-corrected chi connectivity index (χ1v) is 12.8. The molecule has 4 amide bonds. The minimum atomic E-state index is -0.731. The van der Waals surface area contributed by atoms with Gasteiger partial charge in [-0.3, -0.25) is 9.59 Å². The fraction of sp³-hybridized carbons (Fsp3) is 0.156. The van der Waals surface area contributed by atoms with Gasteiger partial charge in [0, 0.05) is 5.39 Å². The number of aryl methyl sites for hydroxylation is 1. The van der Waals surface area contributed by atoms with Crippen LogP contribution in [0.25, 0.3) is 16.8 Å². The lowest BCUT2D eigenvalue weighted by Crippen LogP contribution is -2.57. The highest BCUT2D eigenvalue weighted by molar-refractivity contribution is 6.46. The first-order chi connectivity index (χ1) is 18.9. The fourth-order valence-electron chi connectivity index (χ4n) is 4.66. The van der Waals surface area contributed by atoms with Crippen molar-refractivity contribution < 1.29 is 23.9 Å². The molecule has 0 unspecified atom stereocenters. The number of hydrogen-bond acceptors (Lipinski definition) is 5. The summed E-state index contributed by atoms with van der Waals surface area (Å²) in [7, 11) is 0. The van der Waals surface area contributed by atoms with Crippen LogP contribution in [-0.4, -0.2) is 31.1 Å². The number of fused-ring (bicyclic) bond motifs is 1. The average molecular weight is 521 g/mol. The molecule has 7 nitrogen and oxygen atoms in total. The van der Waals surface area contributed by atoms with Crippen LogP contribution in [0.3, 0.4) is 0 Å². The topological polar surface area (TPSA) is 76.2 Å². The molecule has 0 aliphatic carbocycles. The lowest BCUT2D eigenvalue weighted by Gasteiger charge is -2.34. The number of ether oxygens (including phenoxy) is 2. The third-order valence-electron chi connectivity index (χ3n) is 6.40. The van der Waals surface area contributed by atoms with Crippen molar-refractivity contribution in [2.75, 3.05) is 23.0 Å². The van der Waals surface area contributed by atoms with E-state index in [0.29, 0.717) is 41.7 Å². The van der Waals surface area contributed by atoms with Crippen molar-refractivity contribution in [3.63, 3.8) is 0 Å². The molecule has 0 atom stereocenters. The summed E-state index contributed by atoms with van der Waals surface area (Å²) < 4.78 is 11.4. The minimum absolute atomic E-state index is 0.143. The summed E-state index contributed by atoms with van der Waals surface area (Å²) in [6, 6.07) is 24.5. The number of imide groups is 2. The number of amides is 4. The molecular formula is C32H28N2O5. The van der Waals surface area contributed by atoms with Crippen LogP contribution in [0.15, 0.2) is 90.5 Å². The van der Waals surface area contributed by atoms with Crippen LogP contribution >= 0.6 is 0 Å². The van der Waals surface area contributed by atoms with Crippen molar-refractivity contribution in [2.45, 2.75) is 20.8 Å². The van der Waals surface area contributed by atoms with Crippen LogP contribution in [0.4, 0.5) is 16.2 Å². The Morgan fingerprint density at radius 2 is 1.41 bits per heavy atom. The number of nitrogens with zero attached hydrogens (tertiary/aromatic N) is 2. The summed E-state index contributed by atoms with van der Waals surface area (Å²) in [5, 5.41) is 1.59. The Bertz CT molecular complexity index is 1620. The van der Waals surface area contributed by atoms with E-state index in [1.165, 1.54) is 6.08 Å². The van der Waals surface area contributed by atoms with Gasteiger partial charge in [0.25, 0.3) is 11.8 Å². The maximum Gasteiger partial charge on any atom is 0.343 e. The Kier molecular flexibility index (Phi) is 7.14. The van der Waals surface area contributed by atoms with Gasteiger partial charge in [0.1, 0.15) is 5.57 Å². The van der Waals surface area contributed by atoms with Crippen LogP contribution < -0.4 is 19.3 Å². The number of carbonyl (C=O) groups excluding carboxylic acids is 3. The molecule has 1 aliphatic heterocycles. The quantitative estimate of drug-likeness (QED) is 0.205. The van der Waals surface area contributed by atoms with E-state index in [4.69, 9.17) is 9.47 Å². The molecule has 0 aromatic heterocycles. The van der Waals surface area contributed by atoms with Gasteiger partial charge < -0.3 is 9.47 Å². The molecule has 0 N–H and O–H groups in total. The van der Waals surface area contributed by atoms with E-state index in [2.05, 4.69) is 0 Å². The molecule has 0 spiro atoms. The van der Waals surface area contributed by atoms with Crippen molar-refractivity contribution >= 4 is 46.1 Å².